The van der Waals surface area contributed by atoms with E-state index in [4.69, 9.17) is 4.74 Å². The van der Waals surface area contributed by atoms with Gasteiger partial charge in [-0.2, -0.15) is 0 Å². The Morgan fingerprint density at radius 3 is 2.33 bits per heavy atom. The van der Waals surface area contributed by atoms with Crippen LogP contribution < -0.4 is 0 Å². The highest BCUT2D eigenvalue weighted by Crippen LogP contribution is 2.16. The number of methoxy groups -OCH3 is 1. The first-order chi connectivity index (χ1) is 10.1. The fraction of sp³-hybridized carbons (Fsp3) is 0.647. The Balaban J connectivity index is 1.79. The van der Waals surface area contributed by atoms with Gasteiger partial charge in [0.1, 0.15) is 0 Å². The molecule has 1 heterocycles. The van der Waals surface area contributed by atoms with Crippen molar-refractivity contribution >= 4 is 0 Å². The van der Waals surface area contributed by atoms with E-state index in [1.807, 2.05) is 12.1 Å². The van der Waals surface area contributed by atoms with E-state index in [1.54, 1.807) is 7.11 Å². The van der Waals surface area contributed by atoms with Crippen LogP contribution in [0, 0.1) is 6.92 Å². The van der Waals surface area contributed by atoms with Crippen LogP contribution in [0.1, 0.15) is 24.2 Å². The first-order valence-electron chi connectivity index (χ1n) is 7.80. The zero-order chi connectivity index (χ0) is 15.2. The lowest BCUT2D eigenvalue weighted by atomic mass is 10.1. The second kappa shape index (κ2) is 7.90. The predicted octanol–water partition coefficient (Wildman–Crippen LogP) is 1.68. The van der Waals surface area contributed by atoms with Crippen LogP contribution in [-0.2, 0) is 4.74 Å². The van der Waals surface area contributed by atoms with Gasteiger partial charge < -0.3 is 9.84 Å². The van der Waals surface area contributed by atoms with Crippen molar-refractivity contribution in [1.82, 2.24) is 9.80 Å². The summed E-state index contributed by atoms with van der Waals surface area (Å²) in [5, 5.41) is 10.3. The summed E-state index contributed by atoms with van der Waals surface area (Å²) < 4.78 is 5.22. The maximum atomic E-state index is 10.3. The summed E-state index contributed by atoms with van der Waals surface area (Å²) in [6.45, 7) is 9.89. The molecule has 2 unspecified atom stereocenters. The molecule has 1 saturated heterocycles. The quantitative estimate of drug-likeness (QED) is 0.865. The van der Waals surface area contributed by atoms with E-state index < -0.39 is 6.10 Å². The van der Waals surface area contributed by atoms with Crippen LogP contribution in [0.25, 0.3) is 0 Å². The molecule has 0 amide bonds. The second-order valence-corrected chi connectivity index (χ2v) is 6.07. The number of aliphatic hydroxyl groups excluding tert-OH is 1. The Morgan fingerprint density at radius 2 is 1.76 bits per heavy atom. The maximum Gasteiger partial charge on any atom is 0.0916 e. The first kappa shape index (κ1) is 16.4. The molecule has 21 heavy (non-hydrogen) atoms. The lowest BCUT2D eigenvalue weighted by Gasteiger charge is -2.38. The van der Waals surface area contributed by atoms with E-state index in [-0.39, 0.29) is 0 Å². The topological polar surface area (TPSA) is 35.9 Å². The fourth-order valence-corrected chi connectivity index (χ4v) is 2.87. The van der Waals surface area contributed by atoms with Gasteiger partial charge in [0, 0.05) is 45.9 Å². The average Bonchev–Trinajstić information content (AvgIpc) is 2.49. The molecule has 0 bridgehead atoms. The molecule has 0 radical (unpaired) electrons. The Hall–Kier alpha value is -0.940. The summed E-state index contributed by atoms with van der Waals surface area (Å²) in [6, 6.07) is 8.64. The first-order valence-corrected chi connectivity index (χ1v) is 7.80. The van der Waals surface area contributed by atoms with E-state index in [0.29, 0.717) is 6.04 Å². The van der Waals surface area contributed by atoms with Gasteiger partial charge in [0.05, 0.1) is 12.7 Å². The van der Waals surface area contributed by atoms with Crippen molar-refractivity contribution in [3.63, 3.8) is 0 Å². The zero-order valence-electron chi connectivity index (χ0n) is 13.5. The van der Waals surface area contributed by atoms with Crippen molar-refractivity contribution in [3.05, 3.63) is 35.4 Å². The molecule has 1 aromatic rings. The molecule has 1 N–H and O–H groups in total. The van der Waals surface area contributed by atoms with Gasteiger partial charge in [-0.3, -0.25) is 9.80 Å². The highest BCUT2D eigenvalue weighted by Gasteiger charge is 2.22. The number of ether oxygens (including phenoxy) is 1. The molecular weight excluding hydrogens is 264 g/mol. The van der Waals surface area contributed by atoms with Gasteiger partial charge in [0.25, 0.3) is 0 Å². The number of benzene rings is 1. The van der Waals surface area contributed by atoms with E-state index in [1.165, 1.54) is 5.56 Å². The smallest absolute Gasteiger partial charge is 0.0916 e. The molecule has 1 fully saturated rings. The number of piperazine rings is 1. The molecule has 4 nitrogen and oxygen atoms in total. The molecule has 2 atom stereocenters. The lowest BCUT2D eigenvalue weighted by molar-refractivity contribution is 0.0369. The van der Waals surface area contributed by atoms with Crippen LogP contribution in [0.3, 0.4) is 0 Å². The number of aliphatic hydroxyl groups is 1. The molecule has 4 heteroatoms. The summed E-state index contributed by atoms with van der Waals surface area (Å²) in [5.41, 5.74) is 2.24. The summed E-state index contributed by atoms with van der Waals surface area (Å²) in [5.74, 6) is 0. The number of rotatable bonds is 6. The highest BCUT2D eigenvalue weighted by molar-refractivity contribution is 5.23. The van der Waals surface area contributed by atoms with Crippen molar-refractivity contribution < 1.29 is 9.84 Å². The standard InChI is InChI=1S/C17H28N2O2/c1-14-4-6-16(7-5-14)17(20)12-18-8-10-19(11-9-18)15(2)13-21-3/h4-7,15,17,20H,8-13H2,1-3H3. The van der Waals surface area contributed by atoms with Gasteiger partial charge in [0.2, 0.25) is 0 Å². The van der Waals surface area contributed by atoms with E-state index in [2.05, 4.69) is 35.8 Å². The summed E-state index contributed by atoms with van der Waals surface area (Å²) in [6.07, 6.45) is -0.395. The third kappa shape index (κ3) is 4.78. The summed E-state index contributed by atoms with van der Waals surface area (Å²) in [4.78, 5) is 4.80. The van der Waals surface area contributed by atoms with Crippen LogP contribution in [0.5, 0.6) is 0 Å². The molecule has 0 aliphatic carbocycles. The molecule has 0 saturated carbocycles. The Morgan fingerprint density at radius 1 is 1.14 bits per heavy atom. The average molecular weight is 292 g/mol. The Bertz CT molecular complexity index is 413. The molecule has 1 aliphatic heterocycles. The molecule has 118 valence electrons. The van der Waals surface area contributed by atoms with Gasteiger partial charge >= 0.3 is 0 Å². The van der Waals surface area contributed by atoms with E-state index in [0.717, 1.165) is 44.9 Å². The minimum atomic E-state index is -0.395. The lowest BCUT2D eigenvalue weighted by Crippen LogP contribution is -2.51. The maximum absolute atomic E-state index is 10.3. The van der Waals surface area contributed by atoms with Crippen molar-refractivity contribution in [2.24, 2.45) is 0 Å². The second-order valence-electron chi connectivity index (χ2n) is 6.07. The largest absolute Gasteiger partial charge is 0.387 e. The summed E-state index contributed by atoms with van der Waals surface area (Å²) in [7, 11) is 1.75. The van der Waals surface area contributed by atoms with Crippen molar-refractivity contribution in [3.8, 4) is 0 Å². The molecule has 0 aromatic heterocycles. The van der Waals surface area contributed by atoms with E-state index >= 15 is 0 Å². The number of nitrogens with zero attached hydrogens (tertiary/aromatic N) is 2. The molecule has 0 spiro atoms. The van der Waals surface area contributed by atoms with E-state index in [9.17, 15) is 5.11 Å². The number of β-amino-alcohol motifs (C(OH)–C–C–N with tert-alkyl or cyclic N) is 1. The third-order valence-corrected chi connectivity index (χ3v) is 4.33. The Kier molecular flexibility index (Phi) is 6.18. The fourth-order valence-electron chi connectivity index (χ4n) is 2.87. The van der Waals surface area contributed by atoms with Crippen LogP contribution in [0.2, 0.25) is 0 Å². The minimum absolute atomic E-state index is 0.395. The molecule has 1 aromatic carbocycles. The third-order valence-electron chi connectivity index (χ3n) is 4.33. The normalized spacial score (nSPS) is 20.4. The van der Waals surface area contributed by atoms with Gasteiger partial charge in [-0.15, -0.1) is 0 Å². The minimum Gasteiger partial charge on any atom is -0.387 e. The van der Waals surface area contributed by atoms with Gasteiger partial charge in [-0.1, -0.05) is 29.8 Å². The zero-order valence-corrected chi connectivity index (χ0v) is 13.5. The SMILES string of the molecule is COCC(C)N1CCN(CC(O)c2ccc(C)cc2)CC1. The van der Waals surface area contributed by atoms with Crippen molar-refractivity contribution in [2.75, 3.05) is 46.4 Å². The number of aryl methyl sites for hydroxylation is 1. The van der Waals surface area contributed by atoms with Crippen LogP contribution in [0.4, 0.5) is 0 Å². The molecular formula is C17H28N2O2. The Labute approximate surface area is 128 Å². The van der Waals surface area contributed by atoms with Crippen LogP contribution in [-0.4, -0.2) is 67.4 Å². The van der Waals surface area contributed by atoms with Gasteiger partial charge in [-0.05, 0) is 19.4 Å². The van der Waals surface area contributed by atoms with Crippen molar-refractivity contribution in [1.29, 1.82) is 0 Å². The predicted molar refractivity (Wildman–Crippen MR) is 85.5 cm³/mol. The van der Waals surface area contributed by atoms with Gasteiger partial charge in [-0.25, -0.2) is 0 Å². The number of hydrogen-bond donors (Lipinski definition) is 1. The van der Waals surface area contributed by atoms with Crippen molar-refractivity contribution in [2.45, 2.75) is 26.0 Å². The van der Waals surface area contributed by atoms with Crippen LogP contribution in [0.15, 0.2) is 24.3 Å². The summed E-state index contributed by atoms with van der Waals surface area (Å²) >= 11 is 0. The van der Waals surface area contributed by atoms with Crippen LogP contribution >= 0.6 is 0 Å². The number of hydrogen-bond acceptors (Lipinski definition) is 4. The molecule has 2 rings (SSSR count). The molecule has 1 aliphatic rings. The monoisotopic (exact) mass is 292 g/mol. The highest BCUT2D eigenvalue weighted by atomic mass is 16.5. The van der Waals surface area contributed by atoms with Gasteiger partial charge in [0.15, 0.2) is 0 Å².